The summed E-state index contributed by atoms with van der Waals surface area (Å²) in [5.41, 5.74) is 0. The number of ether oxygens (including phenoxy) is 2. The van der Waals surface area contributed by atoms with E-state index in [1.54, 1.807) is 27.7 Å². The molecule has 0 aromatic carbocycles. The smallest absolute Gasteiger partial charge is 0.408 e. The van der Waals surface area contributed by atoms with Crippen molar-refractivity contribution in [2.24, 2.45) is 0 Å². The molecule has 0 aromatic heterocycles. The van der Waals surface area contributed by atoms with Crippen LogP contribution >= 0.6 is 0 Å². The molecule has 3 N–H and O–H groups in total. The summed E-state index contributed by atoms with van der Waals surface area (Å²) in [4.78, 5) is 34.4. The predicted octanol–water partition coefficient (Wildman–Crippen LogP) is 2.28. The molecule has 0 aliphatic rings. The fraction of sp³-hybridized carbons (Fsp3) is 0.800. The van der Waals surface area contributed by atoms with Gasteiger partial charge in [-0.15, -0.1) is 0 Å². The van der Waals surface area contributed by atoms with Gasteiger partial charge >= 0.3 is 12.2 Å². The van der Waals surface area contributed by atoms with Crippen molar-refractivity contribution in [1.29, 1.82) is 0 Å². The second kappa shape index (κ2) is 14.9. The highest BCUT2D eigenvalue weighted by Gasteiger charge is 2.23. The Morgan fingerprint density at radius 1 is 0.913 bits per heavy atom. The minimum Gasteiger partial charge on any atom is -0.453 e. The Labute approximate surface area is 140 Å². The Kier molecular flexibility index (Phi) is 18.9. The van der Waals surface area contributed by atoms with Gasteiger partial charge in [-0.3, -0.25) is 4.79 Å². The summed E-state index contributed by atoms with van der Waals surface area (Å²) in [5, 5.41) is 7.38. The second-order valence-corrected chi connectivity index (χ2v) is 4.69. The van der Waals surface area contributed by atoms with Crippen LogP contribution in [0, 0.1) is 0 Å². The zero-order valence-corrected chi connectivity index (χ0v) is 12.5. The number of hydrogen-bond donors (Lipinski definition) is 3. The van der Waals surface area contributed by atoms with E-state index in [1.807, 2.05) is 0 Å². The van der Waals surface area contributed by atoms with Gasteiger partial charge < -0.3 is 25.4 Å². The first kappa shape index (κ1) is 29.1. The highest BCUT2D eigenvalue weighted by molar-refractivity contribution is 5.86. The number of carbonyl (C=O) groups excluding carboxylic acids is 3. The molecule has 3 amide bonds. The van der Waals surface area contributed by atoms with E-state index in [1.165, 1.54) is 7.11 Å². The minimum atomic E-state index is -0.942. The van der Waals surface area contributed by atoms with E-state index in [9.17, 15) is 14.4 Å². The number of alkyl carbamates (subject to hydrolysis) is 2. The van der Waals surface area contributed by atoms with Crippen LogP contribution in [0.5, 0.6) is 0 Å². The molecule has 0 aliphatic carbocycles. The van der Waals surface area contributed by atoms with Crippen molar-refractivity contribution >= 4 is 18.1 Å². The zero-order chi connectivity index (χ0) is 15.7. The van der Waals surface area contributed by atoms with Gasteiger partial charge in [0.15, 0.2) is 0 Å². The average Bonchev–Trinajstić information content (AvgIpc) is 2.31. The Morgan fingerprint density at radius 2 is 1.43 bits per heavy atom. The molecule has 0 spiro atoms. The van der Waals surface area contributed by atoms with E-state index in [4.69, 9.17) is 4.74 Å². The topological polar surface area (TPSA) is 106 Å². The third-order valence-electron chi connectivity index (χ3n) is 2.02. The summed E-state index contributed by atoms with van der Waals surface area (Å²) < 4.78 is 9.30. The third kappa shape index (κ3) is 14.7. The summed E-state index contributed by atoms with van der Waals surface area (Å²) in [6, 6.07) is -1.03. The van der Waals surface area contributed by atoms with Gasteiger partial charge in [0.2, 0.25) is 5.91 Å². The quantitative estimate of drug-likeness (QED) is 0.689. The number of hydrogen-bond acceptors (Lipinski definition) is 5. The summed E-state index contributed by atoms with van der Waals surface area (Å²) in [6.45, 7) is 6.85. The fourth-order valence-corrected chi connectivity index (χ4v) is 1.24. The number of methoxy groups -OCH3 is 1. The van der Waals surface area contributed by atoms with E-state index in [-0.39, 0.29) is 41.0 Å². The molecule has 0 aromatic rings. The molecule has 0 saturated carbocycles. The van der Waals surface area contributed by atoms with E-state index in [0.29, 0.717) is 0 Å². The average molecular weight is 337 g/mol. The summed E-state index contributed by atoms with van der Waals surface area (Å²) >= 11 is 0. The SMILES string of the molecule is C.C.C.COC(=O)NCC(NC(=O)OC(C)C)C(=O)NC(C)C. The molecule has 0 fully saturated rings. The lowest BCUT2D eigenvalue weighted by molar-refractivity contribution is -0.123. The van der Waals surface area contributed by atoms with Crippen LogP contribution in [-0.4, -0.2) is 49.9 Å². The highest BCUT2D eigenvalue weighted by atomic mass is 16.6. The summed E-state index contributed by atoms with van der Waals surface area (Å²) in [6.07, 6.45) is -1.72. The maximum Gasteiger partial charge on any atom is 0.408 e. The number of amides is 3. The Balaban J connectivity index is -0.000000602. The fourth-order valence-electron chi connectivity index (χ4n) is 1.24. The van der Waals surface area contributed by atoms with Crippen molar-refractivity contribution in [3.8, 4) is 0 Å². The molecule has 8 nitrogen and oxygen atoms in total. The van der Waals surface area contributed by atoms with Crippen LogP contribution in [0.2, 0.25) is 0 Å². The molecule has 0 rings (SSSR count). The first-order chi connectivity index (χ1) is 9.26. The van der Waals surface area contributed by atoms with Crippen LogP contribution in [0.1, 0.15) is 50.0 Å². The predicted molar refractivity (Wildman–Crippen MR) is 92.4 cm³/mol. The summed E-state index contributed by atoms with van der Waals surface area (Å²) in [7, 11) is 1.21. The van der Waals surface area contributed by atoms with Crippen molar-refractivity contribution in [1.82, 2.24) is 16.0 Å². The maximum atomic E-state index is 11.9. The number of nitrogens with one attached hydrogen (secondary N) is 3. The van der Waals surface area contributed by atoms with Crippen LogP contribution in [0.15, 0.2) is 0 Å². The monoisotopic (exact) mass is 337 g/mol. The Bertz CT molecular complexity index is 346. The standard InChI is InChI=1S/C12H23N3O5.3CH4/c1-7(2)14-10(16)9(6-13-11(17)19-5)15-12(18)20-8(3)4;;;/h7-9H,6H2,1-5H3,(H,13,17)(H,14,16)(H,15,18);3*1H4. The van der Waals surface area contributed by atoms with E-state index in [2.05, 4.69) is 20.7 Å². The number of rotatable bonds is 6. The van der Waals surface area contributed by atoms with Gasteiger partial charge in [0.25, 0.3) is 0 Å². The molecule has 8 heteroatoms. The van der Waals surface area contributed by atoms with Crippen LogP contribution in [-0.2, 0) is 14.3 Å². The molecule has 0 radical (unpaired) electrons. The van der Waals surface area contributed by atoms with Gasteiger partial charge in [-0.05, 0) is 27.7 Å². The van der Waals surface area contributed by atoms with Gasteiger partial charge in [-0.2, -0.15) is 0 Å². The molecule has 0 aliphatic heterocycles. The molecule has 23 heavy (non-hydrogen) atoms. The molecule has 1 atom stereocenters. The normalized spacial score (nSPS) is 10.2. The third-order valence-corrected chi connectivity index (χ3v) is 2.02. The van der Waals surface area contributed by atoms with Gasteiger partial charge in [0.1, 0.15) is 6.04 Å². The lowest BCUT2D eigenvalue weighted by Gasteiger charge is -2.20. The zero-order valence-electron chi connectivity index (χ0n) is 12.5. The first-order valence-electron chi connectivity index (χ1n) is 6.35. The Hall–Kier alpha value is -1.99. The Morgan fingerprint density at radius 3 is 1.83 bits per heavy atom. The lowest BCUT2D eigenvalue weighted by atomic mass is 10.2. The van der Waals surface area contributed by atoms with Crippen LogP contribution < -0.4 is 16.0 Å². The summed E-state index contributed by atoms with van der Waals surface area (Å²) in [5.74, 6) is -0.419. The van der Waals surface area contributed by atoms with Crippen molar-refractivity contribution in [3.63, 3.8) is 0 Å². The van der Waals surface area contributed by atoms with E-state index >= 15 is 0 Å². The highest BCUT2D eigenvalue weighted by Crippen LogP contribution is 1.93. The van der Waals surface area contributed by atoms with E-state index < -0.39 is 24.1 Å². The molecule has 0 bridgehead atoms. The van der Waals surface area contributed by atoms with E-state index in [0.717, 1.165) is 0 Å². The molecular weight excluding hydrogens is 302 g/mol. The van der Waals surface area contributed by atoms with Gasteiger partial charge in [-0.25, -0.2) is 9.59 Å². The van der Waals surface area contributed by atoms with Crippen molar-refractivity contribution < 1.29 is 23.9 Å². The van der Waals surface area contributed by atoms with Crippen molar-refractivity contribution in [2.75, 3.05) is 13.7 Å². The maximum absolute atomic E-state index is 11.9. The van der Waals surface area contributed by atoms with Gasteiger partial charge in [0.05, 0.1) is 19.8 Å². The van der Waals surface area contributed by atoms with Gasteiger partial charge in [-0.1, -0.05) is 22.3 Å². The van der Waals surface area contributed by atoms with Crippen molar-refractivity contribution in [2.45, 2.75) is 68.2 Å². The first-order valence-corrected chi connectivity index (χ1v) is 6.35. The van der Waals surface area contributed by atoms with Crippen LogP contribution in [0.4, 0.5) is 9.59 Å². The lowest BCUT2D eigenvalue weighted by Crippen LogP contribution is -2.54. The molecule has 0 heterocycles. The molecule has 0 saturated heterocycles. The number of carbonyl (C=O) groups is 3. The second-order valence-electron chi connectivity index (χ2n) is 4.69. The van der Waals surface area contributed by atoms with Crippen molar-refractivity contribution in [3.05, 3.63) is 0 Å². The minimum absolute atomic E-state index is 0. The van der Waals surface area contributed by atoms with Crippen LogP contribution in [0.3, 0.4) is 0 Å². The van der Waals surface area contributed by atoms with Crippen LogP contribution in [0.25, 0.3) is 0 Å². The molecular formula is C15H35N3O5. The molecule has 1 unspecified atom stereocenters. The molecule has 140 valence electrons. The van der Waals surface area contributed by atoms with Gasteiger partial charge in [0, 0.05) is 6.04 Å². The largest absolute Gasteiger partial charge is 0.453 e.